The molecule has 0 aromatic heterocycles. The van der Waals surface area contributed by atoms with Gasteiger partial charge in [-0.05, 0) is 6.42 Å². The van der Waals surface area contributed by atoms with Gasteiger partial charge in [0.05, 0.1) is 0 Å². The highest BCUT2D eigenvalue weighted by atomic mass is 31.2. The fraction of sp³-hybridized carbons (Fsp3) is 1.00. The lowest BCUT2D eigenvalue weighted by atomic mass is 10.6. The second kappa shape index (κ2) is 5.49. The van der Waals surface area contributed by atoms with E-state index in [0.29, 0.717) is 0 Å². The van der Waals surface area contributed by atoms with Crippen LogP contribution in [0.15, 0.2) is 0 Å². The molecule has 3 heteroatoms. The van der Waals surface area contributed by atoms with Gasteiger partial charge < -0.3 is 9.05 Å². The van der Waals surface area contributed by atoms with Crippen molar-refractivity contribution in [3.05, 3.63) is 0 Å². The van der Waals surface area contributed by atoms with Gasteiger partial charge in [-0.1, -0.05) is 6.92 Å². The lowest BCUT2D eigenvalue weighted by molar-refractivity contribution is 0.340. The molecule has 0 atom stereocenters. The highest BCUT2D eigenvalue weighted by Gasteiger charge is 2.01. The van der Waals surface area contributed by atoms with Crippen LogP contribution in [-0.4, -0.2) is 20.4 Å². The van der Waals surface area contributed by atoms with E-state index >= 15 is 0 Å². The van der Waals surface area contributed by atoms with E-state index in [2.05, 4.69) is 6.92 Å². The van der Waals surface area contributed by atoms with Crippen LogP contribution in [0.5, 0.6) is 0 Å². The van der Waals surface area contributed by atoms with Crippen LogP contribution in [0.25, 0.3) is 0 Å². The molecule has 0 aliphatic heterocycles. The lowest BCUT2D eigenvalue weighted by Crippen LogP contribution is -1.85. The number of rotatable bonds is 4. The molecule has 0 aromatic carbocycles. The summed E-state index contributed by atoms with van der Waals surface area (Å²) < 4.78 is 9.96. The van der Waals surface area contributed by atoms with Gasteiger partial charge >= 0.3 is 0 Å². The second-order valence-corrected chi connectivity index (χ2v) is 3.26. The van der Waals surface area contributed by atoms with E-state index in [1.165, 1.54) is 0 Å². The minimum absolute atomic E-state index is 0.556. The highest BCUT2D eigenvalue weighted by Crippen LogP contribution is 2.35. The molecule has 0 amide bonds. The van der Waals surface area contributed by atoms with Gasteiger partial charge in [-0.15, -0.1) is 0 Å². The van der Waals surface area contributed by atoms with Crippen molar-refractivity contribution in [3.8, 4) is 0 Å². The first-order chi connectivity index (χ1) is 3.85. The van der Waals surface area contributed by atoms with Gasteiger partial charge in [-0.25, -0.2) is 0 Å². The summed E-state index contributed by atoms with van der Waals surface area (Å²) in [6, 6.07) is 0. The van der Waals surface area contributed by atoms with Crippen LogP contribution in [0.3, 0.4) is 0 Å². The Balaban J connectivity index is 3.07. The molecule has 0 aliphatic carbocycles. The van der Waals surface area contributed by atoms with Crippen LogP contribution in [-0.2, 0) is 9.05 Å². The monoisotopic (exact) mass is 136 g/mol. The Bertz CT molecular complexity index is 45.7. The van der Waals surface area contributed by atoms with E-state index < -0.39 is 8.38 Å². The van der Waals surface area contributed by atoms with E-state index in [1.807, 2.05) is 0 Å². The maximum Gasteiger partial charge on any atom is 0.169 e. The summed E-state index contributed by atoms with van der Waals surface area (Å²) in [5, 5.41) is 0. The van der Waals surface area contributed by atoms with Gasteiger partial charge in [0.25, 0.3) is 0 Å². The maximum atomic E-state index is 4.98. The first-order valence-corrected chi connectivity index (χ1v) is 4.07. The molecule has 0 radical (unpaired) electrons. The van der Waals surface area contributed by atoms with Gasteiger partial charge in [0.2, 0.25) is 0 Å². The summed E-state index contributed by atoms with van der Waals surface area (Å²) in [7, 11) is 2.81. The molecule has 0 saturated carbocycles. The Morgan fingerprint density at radius 1 is 1.25 bits per heavy atom. The minimum Gasteiger partial charge on any atom is -0.337 e. The summed E-state index contributed by atoms with van der Waals surface area (Å²) in [6.07, 6.45) is 2.18. The Morgan fingerprint density at radius 2 is 1.75 bits per heavy atom. The van der Waals surface area contributed by atoms with Crippen LogP contribution in [0.1, 0.15) is 13.3 Å². The van der Waals surface area contributed by atoms with Gasteiger partial charge in [-0.3, -0.25) is 0 Å². The van der Waals surface area contributed by atoms with Gasteiger partial charge in [0.1, 0.15) is 0 Å². The summed E-state index contributed by atoms with van der Waals surface area (Å²) in [5.74, 6) is 0. The summed E-state index contributed by atoms with van der Waals surface area (Å²) in [6.45, 7) is 2.12. The Hall–Kier alpha value is 0.350. The average molecular weight is 136 g/mol. The van der Waals surface area contributed by atoms with Crippen molar-refractivity contribution in [1.82, 2.24) is 0 Å². The lowest BCUT2D eigenvalue weighted by Gasteiger charge is -2.08. The maximum absolute atomic E-state index is 4.98. The molecule has 0 unspecified atom stereocenters. The van der Waals surface area contributed by atoms with Crippen molar-refractivity contribution in [3.63, 3.8) is 0 Å². The van der Waals surface area contributed by atoms with Gasteiger partial charge in [-0.2, -0.15) is 0 Å². The normalized spacial score (nSPS) is 10.5. The molecule has 0 heterocycles. The molecule has 0 N–H and O–H groups in total. The second-order valence-electron chi connectivity index (χ2n) is 1.42. The molecule has 0 saturated heterocycles. The molecule has 0 fully saturated rings. The van der Waals surface area contributed by atoms with Crippen molar-refractivity contribution in [1.29, 1.82) is 0 Å². The third-order valence-electron chi connectivity index (χ3n) is 0.813. The fourth-order valence-electron chi connectivity index (χ4n) is 0.440. The summed E-state index contributed by atoms with van der Waals surface area (Å²) >= 11 is 0. The largest absolute Gasteiger partial charge is 0.337 e. The van der Waals surface area contributed by atoms with E-state index in [9.17, 15) is 0 Å². The van der Waals surface area contributed by atoms with Crippen LogP contribution in [0, 0.1) is 0 Å². The predicted molar refractivity (Wildman–Crippen MR) is 36.1 cm³/mol. The number of hydrogen-bond acceptors (Lipinski definition) is 2. The smallest absolute Gasteiger partial charge is 0.169 e. The van der Waals surface area contributed by atoms with Crippen molar-refractivity contribution < 1.29 is 9.05 Å². The van der Waals surface area contributed by atoms with Crippen LogP contribution in [0.2, 0.25) is 0 Å². The van der Waals surface area contributed by atoms with Gasteiger partial charge in [0.15, 0.2) is 8.38 Å². The molecule has 0 spiro atoms. The molecule has 50 valence electrons. The number of hydrogen-bond donors (Lipinski definition) is 0. The van der Waals surface area contributed by atoms with E-state index in [0.717, 1.165) is 12.6 Å². The third-order valence-corrected chi connectivity index (χ3v) is 2.44. The van der Waals surface area contributed by atoms with Crippen molar-refractivity contribution in [2.45, 2.75) is 13.3 Å². The fourth-order valence-corrected chi connectivity index (χ4v) is 1.32. The molecular formula is C5H13O2P. The zero-order valence-corrected chi connectivity index (χ0v) is 6.57. The Kier molecular flexibility index (Phi) is 5.73. The first kappa shape index (κ1) is 8.35. The molecule has 0 bridgehead atoms. The standard InChI is InChI=1S/C5H13O2P/c1-4-5-8(6-2)7-3/h4-5H2,1-3H3. The SMILES string of the molecule is CCCP(OC)OC. The molecular weight excluding hydrogens is 123 g/mol. The van der Waals surface area contributed by atoms with Crippen LogP contribution >= 0.6 is 8.38 Å². The predicted octanol–water partition coefficient (Wildman–Crippen LogP) is 2.00. The average Bonchev–Trinajstić information content (AvgIpc) is 1.83. The van der Waals surface area contributed by atoms with Crippen molar-refractivity contribution in [2.75, 3.05) is 20.4 Å². The van der Waals surface area contributed by atoms with Gasteiger partial charge in [0, 0.05) is 20.4 Å². The molecule has 0 aromatic rings. The first-order valence-electron chi connectivity index (χ1n) is 2.70. The summed E-state index contributed by atoms with van der Waals surface area (Å²) in [5.41, 5.74) is 0. The third kappa shape index (κ3) is 3.36. The highest BCUT2D eigenvalue weighted by molar-refractivity contribution is 7.47. The van der Waals surface area contributed by atoms with Crippen molar-refractivity contribution >= 4 is 8.38 Å². The van der Waals surface area contributed by atoms with E-state index in [4.69, 9.17) is 9.05 Å². The minimum atomic E-state index is -0.556. The topological polar surface area (TPSA) is 18.5 Å². The molecule has 8 heavy (non-hydrogen) atoms. The Labute approximate surface area is 52.1 Å². The quantitative estimate of drug-likeness (QED) is 0.550. The molecule has 0 rings (SSSR count). The van der Waals surface area contributed by atoms with Crippen LogP contribution < -0.4 is 0 Å². The summed E-state index contributed by atoms with van der Waals surface area (Å²) in [4.78, 5) is 0. The zero-order chi connectivity index (χ0) is 6.41. The Morgan fingerprint density at radius 3 is 1.88 bits per heavy atom. The van der Waals surface area contributed by atoms with E-state index in [-0.39, 0.29) is 0 Å². The van der Waals surface area contributed by atoms with E-state index in [1.54, 1.807) is 14.2 Å². The van der Waals surface area contributed by atoms with Crippen molar-refractivity contribution in [2.24, 2.45) is 0 Å². The molecule has 0 aliphatic rings. The van der Waals surface area contributed by atoms with Crippen LogP contribution in [0.4, 0.5) is 0 Å². The zero-order valence-electron chi connectivity index (χ0n) is 5.68. The molecule has 2 nitrogen and oxygen atoms in total.